The Morgan fingerprint density at radius 2 is 0.880 bits per heavy atom. The van der Waals surface area contributed by atoms with Crippen molar-refractivity contribution in [2.45, 2.75) is 0 Å². The maximum absolute atomic E-state index is 6.45. The zero-order valence-corrected chi connectivity index (χ0v) is 27.3. The van der Waals surface area contributed by atoms with Crippen molar-refractivity contribution >= 4 is 71.1 Å². The predicted octanol–water partition coefficient (Wildman–Crippen LogP) is 13.8. The molecule has 0 spiro atoms. The van der Waals surface area contributed by atoms with Crippen LogP contribution in [0.2, 0.25) is 0 Å². The Hall–Kier alpha value is -6.64. The Balaban J connectivity index is 1.12. The van der Waals surface area contributed by atoms with Crippen LogP contribution in [0.15, 0.2) is 192 Å². The van der Waals surface area contributed by atoms with E-state index in [1.807, 2.05) is 12.1 Å². The average Bonchev–Trinajstić information content (AvgIpc) is 3.62. The molecule has 0 aliphatic carbocycles. The van der Waals surface area contributed by atoms with Crippen molar-refractivity contribution in [2.24, 2.45) is 0 Å². The predicted molar refractivity (Wildman–Crippen MR) is 212 cm³/mol. The Morgan fingerprint density at radius 3 is 1.62 bits per heavy atom. The van der Waals surface area contributed by atoms with Gasteiger partial charge in [0.2, 0.25) is 0 Å². The molecule has 234 valence electrons. The van der Waals surface area contributed by atoms with E-state index in [0.717, 1.165) is 39.4 Å². The highest BCUT2D eigenvalue weighted by molar-refractivity contribution is 6.10. The molecule has 0 bridgehead atoms. The molecule has 0 unspecified atom stereocenters. The molecule has 0 radical (unpaired) electrons. The summed E-state index contributed by atoms with van der Waals surface area (Å²) in [5.74, 6) is 0.846. The van der Waals surface area contributed by atoms with Crippen molar-refractivity contribution in [2.75, 3.05) is 4.90 Å². The van der Waals surface area contributed by atoms with E-state index in [9.17, 15) is 0 Å². The Kier molecular flexibility index (Phi) is 6.53. The van der Waals surface area contributed by atoms with E-state index in [-0.39, 0.29) is 0 Å². The van der Waals surface area contributed by atoms with E-state index in [2.05, 4.69) is 181 Å². The van der Waals surface area contributed by atoms with E-state index in [0.29, 0.717) is 0 Å². The van der Waals surface area contributed by atoms with Gasteiger partial charge in [-0.3, -0.25) is 0 Å². The molecule has 0 N–H and O–H groups in total. The fraction of sp³-hybridized carbons (Fsp3) is 0. The van der Waals surface area contributed by atoms with E-state index in [1.165, 1.54) is 54.2 Å². The van der Waals surface area contributed by atoms with Crippen LogP contribution in [0.1, 0.15) is 0 Å². The summed E-state index contributed by atoms with van der Waals surface area (Å²) in [5, 5.41) is 11.1. The van der Waals surface area contributed by atoms with Crippen LogP contribution in [0.25, 0.3) is 76.5 Å². The van der Waals surface area contributed by atoms with Gasteiger partial charge in [0.15, 0.2) is 0 Å². The van der Waals surface area contributed by atoms with Crippen molar-refractivity contribution < 1.29 is 4.42 Å². The molecule has 0 aliphatic rings. The third kappa shape index (κ3) is 4.73. The smallest absolute Gasteiger partial charge is 0.137 e. The SMILES string of the molecule is c1ccc(N(c2ccc(-c3ccc4c(ccc5ccccc54)c3)cc2)c2ccc3c(ccc4ccccc43)c2)c(-c2cc3ccccc3o2)c1. The average molecular weight is 638 g/mol. The second-order valence-electron chi connectivity index (χ2n) is 13.0. The third-order valence-corrected chi connectivity index (χ3v) is 10.0. The number of rotatable bonds is 5. The van der Waals surface area contributed by atoms with Crippen LogP contribution in [-0.2, 0) is 0 Å². The van der Waals surface area contributed by atoms with Gasteiger partial charge < -0.3 is 9.32 Å². The van der Waals surface area contributed by atoms with Gasteiger partial charge in [0.25, 0.3) is 0 Å². The first-order valence-corrected chi connectivity index (χ1v) is 17.1. The normalized spacial score (nSPS) is 11.6. The molecule has 9 aromatic carbocycles. The van der Waals surface area contributed by atoms with Crippen molar-refractivity contribution in [3.63, 3.8) is 0 Å². The fourth-order valence-corrected chi connectivity index (χ4v) is 7.55. The van der Waals surface area contributed by atoms with E-state index in [1.54, 1.807) is 0 Å². The van der Waals surface area contributed by atoms with Gasteiger partial charge in [-0.2, -0.15) is 0 Å². The Morgan fingerprint density at radius 1 is 0.340 bits per heavy atom. The summed E-state index contributed by atoms with van der Waals surface area (Å²) >= 11 is 0. The summed E-state index contributed by atoms with van der Waals surface area (Å²) in [5.41, 5.74) is 7.51. The molecule has 0 atom stereocenters. The van der Waals surface area contributed by atoms with Crippen LogP contribution in [0.4, 0.5) is 17.1 Å². The van der Waals surface area contributed by atoms with Crippen LogP contribution >= 0.6 is 0 Å². The minimum Gasteiger partial charge on any atom is -0.456 e. The minimum absolute atomic E-state index is 0.846. The zero-order valence-electron chi connectivity index (χ0n) is 27.3. The molecule has 0 saturated carbocycles. The molecule has 0 saturated heterocycles. The van der Waals surface area contributed by atoms with Crippen molar-refractivity contribution in [3.05, 3.63) is 188 Å². The lowest BCUT2D eigenvalue weighted by atomic mass is 9.97. The van der Waals surface area contributed by atoms with Gasteiger partial charge in [-0.25, -0.2) is 0 Å². The van der Waals surface area contributed by atoms with Crippen LogP contribution in [0, 0.1) is 0 Å². The van der Waals surface area contributed by atoms with Gasteiger partial charge in [0, 0.05) is 22.3 Å². The first-order valence-electron chi connectivity index (χ1n) is 17.1. The lowest BCUT2D eigenvalue weighted by Crippen LogP contribution is -2.11. The first kappa shape index (κ1) is 28.4. The maximum atomic E-state index is 6.45. The van der Waals surface area contributed by atoms with Gasteiger partial charge in [0.1, 0.15) is 11.3 Å². The molecule has 2 heteroatoms. The molecule has 0 fully saturated rings. The monoisotopic (exact) mass is 637 g/mol. The standard InChI is InChI=1S/C48H31NO/c1-4-12-41-33(9-1)17-19-36-29-35(23-27-43(36)41)32-21-24-39(25-22-32)49(40-26-28-44-37(30-40)20-18-34-10-2-5-13-42(34)44)46-15-7-6-14-45(46)48-31-38-11-3-8-16-47(38)50-48/h1-31H. The highest BCUT2D eigenvalue weighted by atomic mass is 16.3. The summed E-state index contributed by atoms with van der Waals surface area (Å²) in [7, 11) is 0. The summed E-state index contributed by atoms with van der Waals surface area (Å²) in [4.78, 5) is 2.35. The lowest BCUT2D eigenvalue weighted by Gasteiger charge is -2.28. The van der Waals surface area contributed by atoms with Gasteiger partial charge in [-0.15, -0.1) is 0 Å². The number of furan rings is 1. The minimum atomic E-state index is 0.846. The molecule has 1 aromatic heterocycles. The number of benzene rings is 9. The van der Waals surface area contributed by atoms with E-state index < -0.39 is 0 Å². The molecule has 50 heavy (non-hydrogen) atoms. The molecule has 1 heterocycles. The van der Waals surface area contributed by atoms with Gasteiger partial charge >= 0.3 is 0 Å². The van der Waals surface area contributed by atoms with Crippen LogP contribution in [0.3, 0.4) is 0 Å². The number of nitrogens with zero attached hydrogens (tertiary/aromatic N) is 1. The maximum Gasteiger partial charge on any atom is 0.137 e. The topological polar surface area (TPSA) is 16.4 Å². The van der Waals surface area contributed by atoms with E-state index in [4.69, 9.17) is 4.42 Å². The molecule has 0 aliphatic heterocycles. The fourth-order valence-electron chi connectivity index (χ4n) is 7.55. The summed E-state index contributed by atoms with van der Waals surface area (Å²) in [6, 6.07) is 67.5. The second kappa shape index (κ2) is 11.5. The quantitative estimate of drug-likeness (QED) is 0.175. The number of hydrogen-bond donors (Lipinski definition) is 0. The number of anilines is 3. The summed E-state index contributed by atoms with van der Waals surface area (Å²) in [6.07, 6.45) is 0. The van der Waals surface area contributed by atoms with Crippen LogP contribution < -0.4 is 4.90 Å². The Labute approximate surface area is 290 Å². The van der Waals surface area contributed by atoms with Crippen molar-refractivity contribution in [1.82, 2.24) is 0 Å². The number of hydrogen-bond acceptors (Lipinski definition) is 2. The van der Waals surface area contributed by atoms with Crippen molar-refractivity contribution in [1.29, 1.82) is 0 Å². The Bertz CT molecular complexity index is 2850. The van der Waals surface area contributed by atoms with Gasteiger partial charge in [-0.1, -0.05) is 133 Å². The van der Waals surface area contributed by atoms with Crippen LogP contribution in [0.5, 0.6) is 0 Å². The summed E-state index contributed by atoms with van der Waals surface area (Å²) < 4.78 is 6.45. The largest absolute Gasteiger partial charge is 0.456 e. The molecular weight excluding hydrogens is 607 g/mol. The van der Waals surface area contributed by atoms with Gasteiger partial charge in [0.05, 0.1) is 5.69 Å². The number of para-hydroxylation sites is 2. The summed E-state index contributed by atoms with van der Waals surface area (Å²) in [6.45, 7) is 0. The molecular formula is C48H31NO. The van der Waals surface area contributed by atoms with Gasteiger partial charge in [-0.05, 0) is 109 Å². The first-order chi connectivity index (χ1) is 24.8. The zero-order chi connectivity index (χ0) is 33.0. The van der Waals surface area contributed by atoms with Crippen molar-refractivity contribution in [3.8, 4) is 22.5 Å². The van der Waals surface area contributed by atoms with E-state index >= 15 is 0 Å². The lowest BCUT2D eigenvalue weighted by molar-refractivity contribution is 0.631. The molecule has 10 rings (SSSR count). The number of fused-ring (bicyclic) bond motifs is 7. The molecule has 0 amide bonds. The molecule has 2 nitrogen and oxygen atoms in total. The highest BCUT2D eigenvalue weighted by Crippen LogP contribution is 2.44. The molecule has 10 aromatic rings. The van der Waals surface area contributed by atoms with Crippen LogP contribution in [-0.4, -0.2) is 0 Å². The highest BCUT2D eigenvalue weighted by Gasteiger charge is 2.20. The third-order valence-electron chi connectivity index (χ3n) is 10.0. The second-order valence-corrected chi connectivity index (χ2v) is 13.0.